The Hall–Kier alpha value is -3.11. The SMILES string of the molecule is COc1ccc(-n2c(-c3cc(C(C)C)c(O)cc3O)nnc2S(=O)(=O)CCCN2CCCCC2)cc1. The molecule has 3 aromatic rings. The van der Waals surface area contributed by atoms with Crippen LogP contribution in [-0.4, -0.2) is 70.8 Å². The smallest absolute Gasteiger partial charge is 0.254 e. The second kappa shape index (κ2) is 10.9. The summed E-state index contributed by atoms with van der Waals surface area (Å²) in [5.41, 5.74) is 1.41. The number of aromatic hydroxyl groups is 2. The Kier molecular flexibility index (Phi) is 7.85. The van der Waals surface area contributed by atoms with Gasteiger partial charge in [-0.15, -0.1) is 10.2 Å². The maximum atomic E-state index is 13.5. The molecule has 1 fully saturated rings. The molecular weight excluding hydrogens is 480 g/mol. The lowest BCUT2D eigenvalue weighted by atomic mass is 9.98. The fourth-order valence-corrected chi connectivity index (χ4v) is 5.92. The van der Waals surface area contributed by atoms with Gasteiger partial charge in [0.2, 0.25) is 9.84 Å². The van der Waals surface area contributed by atoms with Crippen molar-refractivity contribution in [2.75, 3.05) is 32.5 Å². The van der Waals surface area contributed by atoms with E-state index in [9.17, 15) is 18.6 Å². The van der Waals surface area contributed by atoms with Crippen LogP contribution in [-0.2, 0) is 9.84 Å². The third-order valence-corrected chi connectivity index (χ3v) is 8.23. The Morgan fingerprint density at radius 1 is 1.00 bits per heavy atom. The molecule has 0 spiro atoms. The van der Waals surface area contributed by atoms with Gasteiger partial charge in [-0.3, -0.25) is 4.57 Å². The number of nitrogens with zero attached hydrogens (tertiary/aromatic N) is 4. The molecule has 0 amide bonds. The maximum Gasteiger partial charge on any atom is 0.254 e. The predicted molar refractivity (Wildman–Crippen MR) is 138 cm³/mol. The number of benzene rings is 2. The molecule has 1 aromatic heterocycles. The average Bonchev–Trinajstić information content (AvgIpc) is 3.30. The van der Waals surface area contributed by atoms with Crippen LogP contribution in [0.25, 0.3) is 17.1 Å². The van der Waals surface area contributed by atoms with Gasteiger partial charge in [-0.1, -0.05) is 20.3 Å². The van der Waals surface area contributed by atoms with E-state index in [2.05, 4.69) is 15.1 Å². The molecule has 2 heterocycles. The summed E-state index contributed by atoms with van der Waals surface area (Å²) >= 11 is 0. The standard InChI is InChI=1S/C26H34N4O5S/c1-18(2)21-16-22(24(32)17-23(21)31)25-27-28-26(30(25)19-8-10-20(35-3)11-9-19)36(33,34)15-7-14-29-12-5-4-6-13-29/h8-11,16-18,31-32H,4-7,12-15H2,1-3H3. The lowest BCUT2D eigenvalue weighted by Gasteiger charge is -2.26. The van der Waals surface area contributed by atoms with E-state index in [1.54, 1.807) is 37.4 Å². The molecule has 194 valence electrons. The molecule has 1 saturated heterocycles. The monoisotopic (exact) mass is 514 g/mol. The number of sulfone groups is 1. The number of aromatic nitrogens is 3. The summed E-state index contributed by atoms with van der Waals surface area (Å²) in [5.74, 6) is 0.458. The van der Waals surface area contributed by atoms with Crippen molar-refractivity contribution in [3.8, 4) is 34.3 Å². The minimum absolute atomic E-state index is 0.0281. The van der Waals surface area contributed by atoms with Gasteiger partial charge >= 0.3 is 0 Å². The highest BCUT2D eigenvalue weighted by Crippen LogP contribution is 2.38. The van der Waals surface area contributed by atoms with Gasteiger partial charge in [-0.05, 0) is 80.7 Å². The number of rotatable bonds is 9. The first-order valence-electron chi connectivity index (χ1n) is 12.3. The first kappa shape index (κ1) is 26.0. The largest absolute Gasteiger partial charge is 0.508 e. The summed E-state index contributed by atoms with van der Waals surface area (Å²) in [4.78, 5) is 2.31. The van der Waals surface area contributed by atoms with E-state index in [0.717, 1.165) is 32.5 Å². The number of ether oxygens (including phenoxy) is 1. The highest BCUT2D eigenvalue weighted by atomic mass is 32.2. The van der Waals surface area contributed by atoms with Crippen LogP contribution in [0, 0.1) is 0 Å². The molecule has 0 atom stereocenters. The Labute approximate surface area is 212 Å². The minimum Gasteiger partial charge on any atom is -0.508 e. The fraction of sp³-hybridized carbons (Fsp3) is 0.462. The van der Waals surface area contributed by atoms with Crippen molar-refractivity contribution in [2.45, 2.75) is 50.6 Å². The normalized spacial score (nSPS) is 14.9. The summed E-state index contributed by atoms with van der Waals surface area (Å²) < 4.78 is 33.7. The lowest BCUT2D eigenvalue weighted by molar-refractivity contribution is 0.229. The Morgan fingerprint density at radius 3 is 2.33 bits per heavy atom. The number of piperidine rings is 1. The summed E-state index contributed by atoms with van der Waals surface area (Å²) in [7, 11) is -2.23. The van der Waals surface area contributed by atoms with Crippen LogP contribution in [0.3, 0.4) is 0 Å². The maximum absolute atomic E-state index is 13.5. The van der Waals surface area contributed by atoms with E-state index in [1.165, 1.54) is 17.1 Å². The van der Waals surface area contributed by atoms with Crippen molar-refractivity contribution < 1.29 is 23.4 Å². The van der Waals surface area contributed by atoms with Crippen molar-refractivity contribution in [1.29, 1.82) is 0 Å². The lowest BCUT2D eigenvalue weighted by Crippen LogP contribution is -2.31. The quantitative estimate of drug-likeness (QED) is 0.438. The zero-order chi connectivity index (χ0) is 25.9. The predicted octanol–water partition coefficient (Wildman–Crippen LogP) is 4.13. The summed E-state index contributed by atoms with van der Waals surface area (Å²) in [6, 6.07) is 9.78. The highest BCUT2D eigenvalue weighted by molar-refractivity contribution is 7.91. The van der Waals surface area contributed by atoms with Gasteiger partial charge in [0.15, 0.2) is 5.82 Å². The van der Waals surface area contributed by atoms with Gasteiger partial charge < -0.3 is 19.8 Å². The van der Waals surface area contributed by atoms with Crippen molar-refractivity contribution in [3.63, 3.8) is 0 Å². The van der Waals surface area contributed by atoms with Crippen LogP contribution in [0.15, 0.2) is 41.6 Å². The van der Waals surface area contributed by atoms with E-state index < -0.39 is 9.84 Å². The van der Waals surface area contributed by atoms with Crippen molar-refractivity contribution in [2.24, 2.45) is 0 Å². The zero-order valence-corrected chi connectivity index (χ0v) is 21.8. The first-order chi connectivity index (χ1) is 17.2. The molecule has 36 heavy (non-hydrogen) atoms. The number of likely N-dealkylation sites (tertiary alicyclic amines) is 1. The number of hydrogen-bond donors (Lipinski definition) is 2. The molecule has 2 aromatic carbocycles. The highest BCUT2D eigenvalue weighted by Gasteiger charge is 2.28. The molecule has 0 radical (unpaired) electrons. The van der Waals surface area contributed by atoms with Crippen LogP contribution < -0.4 is 4.74 Å². The van der Waals surface area contributed by atoms with Gasteiger partial charge in [0.1, 0.15) is 17.2 Å². The van der Waals surface area contributed by atoms with E-state index >= 15 is 0 Å². The molecule has 0 bridgehead atoms. The van der Waals surface area contributed by atoms with Crippen molar-refractivity contribution >= 4 is 9.84 Å². The number of hydrogen-bond acceptors (Lipinski definition) is 8. The Morgan fingerprint density at radius 2 is 1.69 bits per heavy atom. The molecule has 2 N–H and O–H groups in total. The molecule has 9 nitrogen and oxygen atoms in total. The molecule has 1 aliphatic heterocycles. The van der Waals surface area contributed by atoms with Crippen LogP contribution in [0.5, 0.6) is 17.2 Å². The molecule has 1 aliphatic rings. The Balaban J connectivity index is 1.76. The molecule has 0 aliphatic carbocycles. The number of phenols is 2. The molecule has 10 heteroatoms. The van der Waals surface area contributed by atoms with Gasteiger partial charge in [0.05, 0.1) is 24.1 Å². The van der Waals surface area contributed by atoms with E-state index in [0.29, 0.717) is 23.4 Å². The van der Waals surface area contributed by atoms with E-state index in [1.807, 2.05) is 13.8 Å². The van der Waals surface area contributed by atoms with Crippen molar-refractivity contribution in [3.05, 3.63) is 42.0 Å². The van der Waals surface area contributed by atoms with Gasteiger partial charge in [0.25, 0.3) is 5.16 Å². The third kappa shape index (κ3) is 5.49. The average molecular weight is 515 g/mol. The first-order valence-corrected chi connectivity index (χ1v) is 14.0. The molecule has 0 saturated carbocycles. The minimum atomic E-state index is -3.79. The molecular formula is C26H34N4O5S. The fourth-order valence-electron chi connectivity index (χ4n) is 4.60. The van der Waals surface area contributed by atoms with Gasteiger partial charge in [-0.2, -0.15) is 0 Å². The topological polar surface area (TPSA) is 118 Å². The summed E-state index contributed by atoms with van der Waals surface area (Å²) in [5, 5.41) is 29.1. The van der Waals surface area contributed by atoms with E-state index in [-0.39, 0.29) is 39.7 Å². The summed E-state index contributed by atoms with van der Waals surface area (Å²) in [6.07, 6.45) is 4.02. The van der Waals surface area contributed by atoms with Gasteiger partial charge in [0, 0.05) is 6.07 Å². The molecule has 4 rings (SSSR count). The third-order valence-electron chi connectivity index (χ3n) is 6.59. The van der Waals surface area contributed by atoms with Crippen LogP contribution >= 0.6 is 0 Å². The van der Waals surface area contributed by atoms with Crippen LogP contribution in [0.4, 0.5) is 0 Å². The number of phenolic OH excluding ortho intramolecular Hbond substituents is 2. The number of methoxy groups -OCH3 is 1. The molecule has 0 unspecified atom stereocenters. The van der Waals surface area contributed by atoms with Gasteiger partial charge in [-0.25, -0.2) is 8.42 Å². The second-order valence-corrected chi connectivity index (χ2v) is 11.5. The second-order valence-electron chi connectivity index (χ2n) is 9.50. The van der Waals surface area contributed by atoms with Crippen molar-refractivity contribution in [1.82, 2.24) is 19.7 Å². The van der Waals surface area contributed by atoms with Crippen LogP contribution in [0.1, 0.15) is 51.0 Å². The van der Waals surface area contributed by atoms with Crippen LogP contribution in [0.2, 0.25) is 0 Å². The summed E-state index contributed by atoms with van der Waals surface area (Å²) in [6.45, 7) is 6.57. The van der Waals surface area contributed by atoms with E-state index in [4.69, 9.17) is 4.74 Å². The Bertz CT molecular complexity index is 1300. The zero-order valence-electron chi connectivity index (χ0n) is 21.0.